The van der Waals surface area contributed by atoms with Gasteiger partial charge in [0.1, 0.15) is 5.54 Å². The summed E-state index contributed by atoms with van der Waals surface area (Å²) in [6.45, 7) is 2.48. The van der Waals surface area contributed by atoms with Crippen LogP contribution in [0.2, 0.25) is 0 Å². The summed E-state index contributed by atoms with van der Waals surface area (Å²) >= 11 is 0. The van der Waals surface area contributed by atoms with Gasteiger partial charge in [-0.05, 0) is 32.1 Å². The molecule has 2 fully saturated rings. The molecule has 2 atom stereocenters. The van der Waals surface area contributed by atoms with Crippen LogP contribution in [-0.4, -0.2) is 30.1 Å². The number of nitrogens with zero attached hydrogens (tertiary/aromatic N) is 1. The first-order valence-electron chi connectivity index (χ1n) is 6.58. The topological polar surface area (TPSA) is 53.5 Å². The molecule has 2 N–H and O–H groups in total. The maximum Gasteiger partial charge on any atom is 0.391 e. The van der Waals surface area contributed by atoms with Gasteiger partial charge in [0.2, 0.25) is 0 Å². The number of carbonyl (C=O) groups is 1. The van der Waals surface area contributed by atoms with Gasteiger partial charge in [0.25, 0.3) is 5.91 Å². The van der Waals surface area contributed by atoms with Gasteiger partial charge in [0, 0.05) is 6.54 Å². The predicted molar refractivity (Wildman–Crippen MR) is 64.6 cm³/mol. The third kappa shape index (κ3) is 2.84. The minimum atomic E-state index is -4.24. The quantitative estimate of drug-likeness (QED) is 0.810. The van der Waals surface area contributed by atoms with Crippen LogP contribution in [0.15, 0.2) is 4.99 Å². The van der Waals surface area contributed by atoms with E-state index >= 15 is 0 Å². The van der Waals surface area contributed by atoms with Gasteiger partial charge in [-0.15, -0.1) is 0 Å². The molecule has 7 heteroatoms. The zero-order valence-electron chi connectivity index (χ0n) is 10.8. The Bertz CT molecular complexity index is 394. The van der Waals surface area contributed by atoms with Crippen LogP contribution in [0.1, 0.15) is 39.0 Å². The first-order valence-corrected chi connectivity index (χ1v) is 6.58. The minimum absolute atomic E-state index is 0.0989. The second kappa shape index (κ2) is 5.02. The van der Waals surface area contributed by atoms with Crippen molar-refractivity contribution in [2.75, 3.05) is 6.54 Å². The summed E-state index contributed by atoms with van der Waals surface area (Å²) in [5.41, 5.74) is -1.12. The summed E-state index contributed by atoms with van der Waals surface area (Å²) in [5.74, 6) is -1.48. The number of rotatable bonds is 2. The van der Waals surface area contributed by atoms with Crippen LogP contribution >= 0.6 is 0 Å². The van der Waals surface area contributed by atoms with E-state index in [1.807, 2.05) is 6.92 Å². The number of carbonyl (C=O) groups excluding carboxylic acids is 1. The minimum Gasteiger partial charge on any atom is -0.342 e. The molecule has 1 aliphatic carbocycles. The molecule has 2 rings (SSSR count). The third-order valence-electron chi connectivity index (χ3n) is 3.73. The number of amides is 1. The Labute approximate surface area is 109 Å². The van der Waals surface area contributed by atoms with Gasteiger partial charge in [-0.2, -0.15) is 13.2 Å². The summed E-state index contributed by atoms with van der Waals surface area (Å²) in [7, 11) is 0. The molecule has 0 aromatic heterocycles. The maximum atomic E-state index is 12.8. The molecule has 1 amide bonds. The highest BCUT2D eigenvalue weighted by Crippen LogP contribution is 2.42. The van der Waals surface area contributed by atoms with Crippen molar-refractivity contribution in [1.29, 1.82) is 0 Å². The lowest BCUT2D eigenvalue weighted by Gasteiger charge is -2.36. The van der Waals surface area contributed by atoms with E-state index in [2.05, 4.69) is 15.6 Å². The highest BCUT2D eigenvalue weighted by Gasteiger charge is 2.53. The summed E-state index contributed by atoms with van der Waals surface area (Å²) in [5, 5.41) is 5.44. The van der Waals surface area contributed by atoms with Gasteiger partial charge in [-0.25, -0.2) is 0 Å². The van der Waals surface area contributed by atoms with Crippen molar-refractivity contribution in [3.05, 3.63) is 0 Å². The van der Waals surface area contributed by atoms with E-state index in [-0.39, 0.29) is 18.7 Å². The van der Waals surface area contributed by atoms with Crippen molar-refractivity contribution in [2.45, 2.75) is 50.7 Å². The summed E-state index contributed by atoms with van der Waals surface area (Å²) in [6.07, 6.45) is -2.70. The van der Waals surface area contributed by atoms with Crippen LogP contribution in [0.3, 0.4) is 0 Å². The number of hydrogen-bond acceptors (Lipinski definition) is 2. The molecule has 19 heavy (non-hydrogen) atoms. The van der Waals surface area contributed by atoms with Crippen LogP contribution in [-0.2, 0) is 4.79 Å². The molecule has 1 heterocycles. The number of hydrogen-bond donors (Lipinski definition) is 2. The number of aliphatic imine (C=N–C) groups is 1. The van der Waals surface area contributed by atoms with Gasteiger partial charge < -0.3 is 5.32 Å². The van der Waals surface area contributed by atoms with Crippen molar-refractivity contribution < 1.29 is 18.0 Å². The molecular formula is C12H18F3N3O. The lowest BCUT2D eigenvalue weighted by atomic mass is 9.75. The van der Waals surface area contributed by atoms with E-state index in [1.54, 1.807) is 0 Å². The molecule has 0 aromatic carbocycles. The zero-order valence-corrected chi connectivity index (χ0v) is 10.8. The molecule has 1 aliphatic heterocycles. The van der Waals surface area contributed by atoms with Gasteiger partial charge in [0.15, 0.2) is 5.96 Å². The number of halogens is 3. The Balaban J connectivity index is 2.12. The van der Waals surface area contributed by atoms with Gasteiger partial charge >= 0.3 is 6.18 Å². The number of nitrogens with one attached hydrogen (secondary N) is 2. The SMILES string of the molecule is CCCN=C1NC(=O)C2(CCCC(C(F)(F)F)C2)N1. The Morgan fingerprint density at radius 1 is 1.47 bits per heavy atom. The average molecular weight is 277 g/mol. The van der Waals surface area contributed by atoms with E-state index < -0.39 is 17.6 Å². The summed E-state index contributed by atoms with van der Waals surface area (Å²) in [4.78, 5) is 16.1. The van der Waals surface area contributed by atoms with Crippen molar-refractivity contribution in [2.24, 2.45) is 10.9 Å². The van der Waals surface area contributed by atoms with E-state index in [0.717, 1.165) is 6.42 Å². The normalized spacial score (nSPS) is 33.6. The zero-order chi connectivity index (χ0) is 14.1. The Kier molecular flexibility index (Phi) is 3.73. The molecule has 2 unspecified atom stereocenters. The molecule has 1 spiro atoms. The number of guanidine groups is 1. The molecule has 0 aromatic rings. The van der Waals surface area contributed by atoms with Crippen molar-refractivity contribution in [3.63, 3.8) is 0 Å². The second-order valence-corrected chi connectivity index (χ2v) is 5.23. The van der Waals surface area contributed by atoms with Crippen LogP contribution in [0.25, 0.3) is 0 Å². The first kappa shape index (κ1) is 14.1. The largest absolute Gasteiger partial charge is 0.391 e. The van der Waals surface area contributed by atoms with E-state index in [1.165, 1.54) is 0 Å². The van der Waals surface area contributed by atoms with Gasteiger partial charge in [-0.1, -0.05) is 6.92 Å². The highest BCUT2D eigenvalue weighted by atomic mass is 19.4. The highest BCUT2D eigenvalue weighted by molar-refractivity contribution is 6.09. The predicted octanol–water partition coefficient (Wildman–Crippen LogP) is 1.96. The molecule has 0 bridgehead atoms. The molecule has 1 saturated carbocycles. The molecule has 108 valence electrons. The van der Waals surface area contributed by atoms with Crippen LogP contribution in [0, 0.1) is 5.92 Å². The fourth-order valence-corrected chi connectivity index (χ4v) is 2.72. The standard InChI is InChI=1S/C12H18F3N3O/c1-2-6-16-10-17-9(19)11(18-10)5-3-4-8(7-11)12(13,14)15/h8H,2-7H2,1H3,(H2,16,17,18,19). The molecular weight excluding hydrogens is 259 g/mol. The Morgan fingerprint density at radius 3 is 2.84 bits per heavy atom. The summed E-state index contributed by atoms with van der Waals surface area (Å²) < 4.78 is 38.4. The molecule has 1 saturated heterocycles. The third-order valence-corrected chi connectivity index (χ3v) is 3.73. The van der Waals surface area contributed by atoms with E-state index in [9.17, 15) is 18.0 Å². The first-order chi connectivity index (χ1) is 8.87. The molecule has 0 radical (unpaired) electrons. The van der Waals surface area contributed by atoms with Crippen molar-refractivity contribution >= 4 is 11.9 Å². The van der Waals surface area contributed by atoms with Crippen molar-refractivity contribution in [1.82, 2.24) is 10.6 Å². The van der Waals surface area contributed by atoms with Crippen LogP contribution in [0.4, 0.5) is 13.2 Å². The Hall–Kier alpha value is -1.27. The fourth-order valence-electron chi connectivity index (χ4n) is 2.72. The average Bonchev–Trinajstić information content (AvgIpc) is 2.62. The molecule has 2 aliphatic rings. The smallest absolute Gasteiger partial charge is 0.342 e. The number of alkyl halides is 3. The van der Waals surface area contributed by atoms with Crippen LogP contribution in [0.5, 0.6) is 0 Å². The molecule has 4 nitrogen and oxygen atoms in total. The lowest BCUT2D eigenvalue weighted by Crippen LogP contribution is -2.52. The monoisotopic (exact) mass is 277 g/mol. The summed E-state index contributed by atoms with van der Waals surface area (Å²) in [6, 6.07) is 0. The van der Waals surface area contributed by atoms with E-state index in [4.69, 9.17) is 0 Å². The van der Waals surface area contributed by atoms with Crippen molar-refractivity contribution in [3.8, 4) is 0 Å². The van der Waals surface area contributed by atoms with Gasteiger partial charge in [0.05, 0.1) is 5.92 Å². The Morgan fingerprint density at radius 2 is 2.21 bits per heavy atom. The second-order valence-electron chi connectivity index (χ2n) is 5.23. The maximum absolute atomic E-state index is 12.8. The van der Waals surface area contributed by atoms with Gasteiger partial charge in [-0.3, -0.25) is 15.1 Å². The van der Waals surface area contributed by atoms with Crippen LogP contribution < -0.4 is 10.6 Å². The van der Waals surface area contributed by atoms with E-state index in [0.29, 0.717) is 25.3 Å². The fraction of sp³-hybridized carbons (Fsp3) is 0.833. The lowest BCUT2D eigenvalue weighted by molar-refractivity contribution is -0.187.